The molecule has 0 aliphatic heterocycles. The SMILES string of the molecule is C[C@@H](NC(=O)CN(Cc1ccccc1)S(=O)(=O)c1cc(Cl)ccc1Cl)c1cccc(Br)c1. The molecule has 0 saturated carbocycles. The van der Waals surface area contributed by atoms with Crippen LogP contribution in [0.4, 0.5) is 0 Å². The van der Waals surface area contributed by atoms with Gasteiger partial charge in [0.1, 0.15) is 4.90 Å². The summed E-state index contributed by atoms with van der Waals surface area (Å²) in [5.74, 6) is -0.435. The van der Waals surface area contributed by atoms with Crippen LogP contribution in [0.1, 0.15) is 24.1 Å². The van der Waals surface area contributed by atoms with Gasteiger partial charge in [-0.05, 0) is 48.4 Å². The fourth-order valence-electron chi connectivity index (χ4n) is 3.13. The van der Waals surface area contributed by atoms with E-state index >= 15 is 0 Å². The van der Waals surface area contributed by atoms with Gasteiger partial charge in [0.05, 0.1) is 17.6 Å². The van der Waals surface area contributed by atoms with E-state index in [0.29, 0.717) is 0 Å². The molecule has 168 valence electrons. The molecule has 3 rings (SSSR count). The number of nitrogens with zero attached hydrogens (tertiary/aromatic N) is 1. The van der Waals surface area contributed by atoms with Gasteiger partial charge in [-0.25, -0.2) is 8.42 Å². The molecule has 0 heterocycles. The second-order valence-corrected chi connectivity index (χ2v) is 10.8. The zero-order chi connectivity index (χ0) is 23.3. The Kier molecular flexibility index (Phi) is 8.36. The van der Waals surface area contributed by atoms with Gasteiger partial charge in [0.25, 0.3) is 0 Å². The Balaban J connectivity index is 1.87. The number of hydrogen-bond donors (Lipinski definition) is 1. The van der Waals surface area contributed by atoms with Crippen LogP contribution in [0, 0.1) is 0 Å². The van der Waals surface area contributed by atoms with Crippen molar-refractivity contribution in [1.29, 1.82) is 0 Å². The molecule has 0 bridgehead atoms. The van der Waals surface area contributed by atoms with Crippen molar-refractivity contribution in [3.05, 3.63) is 98.4 Å². The zero-order valence-electron chi connectivity index (χ0n) is 17.1. The quantitative estimate of drug-likeness (QED) is 0.380. The maximum Gasteiger partial charge on any atom is 0.245 e. The largest absolute Gasteiger partial charge is 0.348 e. The van der Waals surface area contributed by atoms with E-state index < -0.39 is 15.9 Å². The topological polar surface area (TPSA) is 66.5 Å². The van der Waals surface area contributed by atoms with Crippen LogP contribution in [0.2, 0.25) is 10.0 Å². The van der Waals surface area contributed by atoms with E-state index in [4.69, 9.17) is 23.2 Å². The highest BCUT2D eigenvalue weighted by Crippen LogP contribution is 2.28. The minimum absolute atomic E-state index is 0.00466. The van der Waals surface area contributed by atoms with E-state index in [2.05, 4.69) is 21.2 Å². The van der Waals surface area contributed by atoms with Crippen molar-refractivity contribution in [3.8, 4) is 0 Å². The Morgan fingerprint density at radius 2 is 1.75 bits per heavy atom. The molecule has 0 aromatic heterocycles. The zero-order valence-corrected chi connectivity index (χ0v) is 21.0. The molecule has 1 N–H and O–H groups in total. The Morgan fingerprint density at radius 1 is 1.03 bits per heavy atom. The Labute approximate surface area is 206 Å². The maximum atomic E-state index is 13.4. The molecule has 0 aliphatic carbocycles. The second kappa shape index (κ2) is 10.8. The van der Waals surface area contributed by atoms with Crippen molar-refractivity contribution < 1.29 is 13.2 Å². The molecule has 5 nitrogen and oxygen atoms in total. The van der Waals surface area contributed by atoms with Gasteiger partial charge in [0.15, 0.2) is 0 Å². The van der Waals surface area contributed by atoms with E-state index in [9.17, 15) is 13.2 Å². The molecule has 0 radical (unpaired) electrons. The Morgan fingerprint density at radius 3 is 2.44 bits per heavy atom. The highest BCUT2D eigenvalue weighted by molar-refractivity contribution is 9.10. The number of carbonyl (C=O) groups excluding carboxylic acids is 1. The van der Waals surface area contributed by atoms with Crippen LogP contribution in [0.5, 0.6) is 0 Å². The molecule has 0 spiro atoms. The lowest BCUT2D eigenvalue weighted by atomic mass is 10.1. The van der Waals surface area contributed by atoms with Crippen LogP contribution in [-0.4, -0.2) is 25.2 Å². The third kappa shape index (κ3) is 6.33. The van der Waals surface area contributed by atoms with Crippen LogP contribution >= 0.6 is 39.1 Å². The lowest BCUT2D eigenvalue weighted by Gasteiger charge is -2.24. The first kappa shape index (κ1) is 24.7. The van der Waals surface area contributed by atoms with Crippen molar-refractivity contribution >= 4 is 55.1 Å². The van der Waals surface area contributed by atoms with Gasteiger partial charge in [-0.1, -0.05) is 81.6 Å². The molecular weight excluding hydrogens is 535 g/mol. The number of benzene rings is 3. The third-order valence-electron chi connectivity index (χ3n) is 4.76. The normalized spacial score (nSPS) is 12.5. The van der Waals surface area contributed by atoms with Crippen molar-refractivity contribution in [1.82, 2.24) is 9.62 Å². The van der Waals surface area contributed by atoms with Gasteiger partial charge < -0.3 is 5.32 Å². The average molecular weight is 556 g/mol. The van der Waals surface area contributed by atoms with Crippen LogP contribution in [0.25, 0.3) is 0 Å². The van der Waals surface area contributed by atoms with E-state index in [1.807, 2.05) is 49.4 Å². The van der Waals surface area contributed by atoms with E-state index in [0.717, 1.165) is 19.9 Å². The lowest BCUT2D eigenvalue weighted by Crippen LogP contribution is -2.41. The number of halogens is 3. The molecule has 32 heavy (non-hydrogen) atoms. The predicted molar refractivity (Wildman–Crippen MR) is 131 cm³/mol. The number of hydrogen-bond acceptors (Lipinski definition) is 3. The van der Waals surface area contributed by atoms with E-state index in [1.54, 1.807) is 12.1 Å². The summed E-state index contributed by atoms with van der Waals surface area (Å²) in [5, 5.41) is 3.14. The molecular formula is C23H21BrCl2N2O3S. The van der Waals surface area contributed by atoms with E-state index in [1.165, 1.54) is 18.2 Å². The van der Waals surface area contributed by atoms with Crippen molar-refractivity contribution in [2.75, 3.05) is 6.54 Å². The van der Waals surface area contributed by atoms with Gasteiger partial charge in [0.2, 0.25) is 15.9 Å². The summed E-state index contributed by atoms with van der Waals surface area (Å²) in [6.07, 6.45) is 0. The Hall–Kier alpha value is -1.90. The van der Waals surface area contributed by atoms with Gasteiger partial charge in [-0.3, -0.25) is 4.79 Å². The fourth-order valence-corrected chi connectivity index (χ4v) is 5.67. The number of rotatable bonds is 8. The Bertz CT molecular complexity index is 1210. The van der Waals surface area contributed by atoms with Gasteiger partial charge >= 0.3 is 0 Å². The summed E-state index contributed by atoms with van der Waals surface area (Å²) in [6.45, 7) is 1.46. The molecule has 0 aliphatic rings. The molecule has 0 saturated heterocycles. The summed E-state index contributed by atoms with van der Waals surface area (Å²) in [6, 6.07) is 20.5. The van der Waals surface area contributed by atoms with Gasteiger partial charge in [-0.15, -0.1) is 0 Å². The summed E-state index contributed by atoms with van der Waals surface area (Å²) >= 11 is 15.6. The lowest BCUT2D eigenvalue weighted by molar-refractivity contribution is -0.122. The summed E-state index contributed by atoms with van der Waals surface area (Å²) < 4.78 is 28.9. The monoisotopic (exact) mass is 554 g/mol. The van der Waals surface area contributed by atoms with Crippen LogP contribution in [-0.2, 0) is 21.4 Å². The van der Waals surface area contributed by atoms with Crippen molar-refractivity contribution in [2.45, 2.75) is 24.4 Å². The second-order valence-electron chi connectivity index (χ2n) is 7.18. The minimum atomic E-state index is -4.11. The van der Waals surface area contributed by atoms with Crippen molar-refractivity contribution in [2.24, 2.45) is 0 Å². The highest BCUT2D eigenvalue weighted by atomic mass is 79.9. The number of sulfonamides is 1. The summed E-state index contributed by atoms with van der Waals surface area (Å²) in [7, 11) is -4.11. The summed E-state index contributed by atoms with van der Waals surface area (Å²) in [5.41, 5.74) is 1.63. The van der Waals surface area contributed by atoms with E-state index in [-0.39, 0.29) is 34.1 Å². The molecule has 3 aromatic carbocycles. The predicted octanol–water partition coefficient (Wildman–Crippen LogP) is 5.82. The first-order valence-electron chi connectivity index (χ1n) is 9.71. The molecule has 1 atom stereocenters. The summed E-state index contributed by atoms with van der Waals surface area (Å²) in [4.78, 5) is 12.7. The van der Waals surface area contributed by atoms with Crippen molar-refractivity contribution in [3.63, 3.8) is 0 Å². The first-order valence-corrected chi connectivity index (χ1v) is 12.7. The third-order valence-corrected chi connectivity index (χ3v) is 7.76. The number of nitrogens with one attached hydrogen (secondary N) is 1. The number of carbonyl (C=O) groups is 1. The molecule has 9 heteroatoms. The van der Waals surface area contributed by atoms with Gasteiger partial charge in [-0.2, -0.15) is 4.31 Å². The molecule has 0 unspecified atom stereocenters. The van der Waals surface area contributed by atoms with Crippen LogP contribution < -0.4 is 5.32 Å². The van der Waals surface area contributed by atoms with Gasteiger partial charge in [0, 0.05) is 16.0 Å². The molecule has 1 amide bonds. The number of amides is 1. The average Bonchev–Trinajstić information content (AvgIpc) is 2.75. The minimum Gasteiger partial charge on any atom is -0.348 e. The smallest absolute Gasteiger partial charge is 0.245 e. The molecule has 0 fully saturated rings. The standard InChI is InChI=1S/C23H21BrCl2N2O3S/c1-16(18-8-5-9-19(24)12-18)27-23(29)15-28(14-17-6-3-2-4-7-17)32(30,31)22-13-20(25)10-11-21(22)26/h2-13,16H,14-15H2,1H3,(H,27,29)/t16-/m1/s1. The first-order chi connectivity index (χ1) is 15.2. The fraction of sp³-hybridized carbons (Fsp3) is 0.174. The highest BCUT2D eigenvalue weighted by Gasteiger charge is 2.29. The van der Waals surface area contributed by atoms with Crippen LogP contribution in [0.15, 0.2) is 82.2 Å². The maximum absolute atomic E-state index is 13.4. The van der Waals surface area contributed by atoms with Crippen LogP contribution in [0.3, 0.4) is 0 Å². The molecule has 3 aromatic rings.